The minimum atomic E-state index is -0.956. The Kier molecular flexibility index (Phi) is 4.19. The lowest BCUT2D eigenvalue weighted by Gasteiger charge is -2.12. The Morgan fingerprint density at radius 2 is 1.94 bits per heavy atom. The molecule has 0 saturated carbocycles. The van der Waals surface area contributed by atoms with E-state index in [1.165, 1.54) is 25.1 Å². The molecule has 5 nitrogen and oxygen atoms in total. The Morgan fingerprint density at radius 3 is 2.38 bits per heavy atom. The summed E-state index contributed by atoms with van der Waals surface area (Å²) in [5, 5.41) is 21.3. The van der Waals surface area contributed by atoms with Gasteiger partial charge in [0.1, 0.15) is 0 Å². The summed E-state index contributed by atoms with van der Waals surface area (Å²) < 4.78 is 0. The Balaban J connectivity index is 2.72. The molecule has 0 aromatic heterocycles. The van der Waals surface area contributed by atoms with Crippen molar-refractivity contribution in [3.8, 4) is 0 Å². The van der Waals surface area contributed by atoms with Crippen LogP contribution in [0.15, 0.2) is 36.0 Å². The molecule has 1 aromatic carbocycles. The summed E-state index contributed by atoms with van der Waals surface area (Å²) in [6.07, 6.45) is 1.48. The molecule has 0 aliphatic carbocycles. The largest absolute Gasteiger partial charge is 0.595 e. The molecule has 0 aliphatic rings. The van der Waals surface area contributed by atoms with E-state index in [1.807, 2.05) is 0 Å². The molecule has 0 radical (unpaired) electrons. The van der Waals surface area contributed by atoms with Crippen LogP contribution in [0.1, 0.15) is 13.8 Å². The fourth-order valence-corrected chi connectivity index (χ4v) is 1.26. The van der Waals surface area contributed by atoms with Crippen molar-refractivity contribution in [3.05, 3.63) is 41.2 Å². The topological polar surface area (TPSA) is 76.8 Å². The molecular formula is C11H14N2O3. The Morgan fingerprint density at radius 1 is 1.38 bits per heavy atom. The van der Waals surface area contributed by atoms with E-state index in [4.69, 9.17) is 5.21 Å². The maximum atomic E-state index is 10.8. The summed E-state index contributed by atoms with van der Waals surface area (Å²) >= 11 is 0. The third-order valence-electron chi connectivity index (χ3n) is 1.89. The van der Waals surface area contributed by atoms with Crippen LogP contribution in [-0.2, 0) is 4.79 Å². The molecule has 0 bridgehead atoms. The molecule has 1 atom stereocenters. The number of ketones is 1. The van der Waals surface area contributed by atoms with E-state index in [0.717, 1.165) is 11.4 Å². The van der Waals surface area contributed by atoms with Gasteiger partial charge in [0.2, 0.25) is 0 Å². The number of anilines is 1. The third kappa shape index (κ3) is 3.82. The van der Waals surface area contributed by atoms with E-state index in [2.05, 4.69) is 5.32 Å². The van der Waals surface area contributed by atoms with Gasteiger partial charge < -0.3 is 10.5 Å². The summed E-state index contributed by atoms with van der Waals surface area (Å²) in [4.78, 5) is 10.8. The fourth-order valence-electron chi connectivity index (χ4n) is 1.26. The maximum absolute atomic E-state index is 10.8. The first-order valence-corrected chi connectivity index (χ1v) is 4.78. The van der Waals surface area contributed by atoms with Crippen LogP contribution in [0.3, 0.4) is 0 Å². The highest BCUT2D eigenvalue weighted by molar-refractivity contribution is 5.88. The van der Waals surface area contributed by atoms with Crippen molar-refractivity contribution in [2.24, 2.45) is 0 Å². The van der Waals surface area contributed by atoms with E-state index in [-0.39, 0.29) is 11.5 Å². The van der Waals surface area contributed by atoms with Gasteiger partial charge in [-0.25, -0.2) is 5.21 Å². The zero-order valence-corrected chi connectivity index (χ0v) is 9.15. The average molecular weight is 222 g/mol. The van der Waals surface area contributed by atoms with E-state index in [1.54, 1.807) is 19.1 Å². The number of hydrogen-bond donors (Lipinski definition) is 3. The van der Waals surface area contributed by atoms with Crippen LogP contribution in [0.2, 0.25) is 0 Å². The van der Waals surface area contributed by atoms with Crippen molar-refractivity contribution in [2.75, 3.05) is 5.32 Å². The van der Waals surface area contributed by atoms with E-state index < -0.39 is 5.23 Å². The summed E-state index contributed by atoms with van der Waals surface area (Å²) in [7, 11) is 0. The van der Waals surface area contributed by atoms with Crippen LogP contribution in [0.25, 0.3) is 0 Å². The molecule has 0 saturated heterocycles. The van der Waals surface area contributed by atoms with Crippen molar-refractivity contribution in [1.29, 1.82) is 0 Å². The zero-order valence-electron chi connectivity index (χ0n) is 9.15. The second-order valence-corrected chi connectivity index (χ2v) is 3.45. The van der Waals surface area contributed by atoms with Crippen LogP contribution in [0, 0.1) is 5.21 Å². The molecular weight excluding hydrogens is 208 g/mol. The number of allylic oxidation sites excluding steroid dienone is 2. The molecule has 0 spiro atoms. The molecule has 16 heavy (non-hydrogen) atoms. The van der Waals surface area contributed by atoms with Crippen LogP contribution in [0.4, 0.5) is 11.4 Å². The van der Waals surface area contributed by atoms with Gasteiger partial charge in [0, 0.05) is 23.5 Å². The van der Waals surface area contributed by atoms with Gasteiger partial charge in [-0.3, -0.25) is 4.79 Å². The molecule has 5 heteroatoms. The average Bonchev–Trinajstić information content (AvgIpc) is 2.16. The number of rotatable bonds is 4. The number of nitrogens with one attached hydrogen (secondary N) is 2. The number of quaternary nitrogens is 1. The van der Waals surface area contributed by atoms with Gasteiger partial charge in [0.05, 0.1) is 0 Å². The van der Waals surface area contributed by atoms with Crippen molar-refractivity contribution >= 4 is 17.2 Å². The first kappa shape index (κ1) is 12.4. The highest BCUT2D eigenvalue weighted by Crippen LogP contribution is 2.12. The molecule has 3 N–H and O–H groups in total. The Labute approximate surface area is 93.5 Å². The number of benzene rings is 1. The first-order chi connectivity index (χ1) is 7.49. The van der Waals surface area contributed by atoms with Crippen molar-refractivity contribution in [2.45, 2.75) is 13.8 Å². The quantitative estimate of drug-likeness (QED) is 0.524. The van der Waals surface area contributed by atoms with Gasteiger partial charge in [0.15, 0.2) is 11.5 Å². The van der Waals surface area contributed by atoms with E-state index in [9.17, 15) is 10.0 Å². The Hall–Kier alpha value is -1.69. The second-order valence-electron chi connectivity index (χ2n) is 3.45. The zero-order chi connectivity index (χ0) is 12.1. The van der Waals surface area contributed by atoms with Crippen LogP contribution >= 0.6 is 0 Å². The van der Waals surface area contributed by atoms with Crippen LogP contribution in [0.5, 0.6) is 0 Å². The molecule has 0 amide bonds. The van der Waals surface area contributed by atoms with Crippen LogP contribution in [-0.4, -0.2) is 11.0 Å². The van der Waals surface area contributed by atoms with Gasteiger partial charge in [-0.15, -0.1) is 0 Å². The van der Waals surface area contributed by atoms with E-state index in [0.29, 0.717) is 0 Å². The standard InChI is InChI=1S/C11H14N2O3/c1-8(7-9(2)14)12-10-3-5-11(6-4-10)13(15)16/h3-7,12-13,15H,1-2H3. The van der Waals surface area contributed by atoms with Gasteiger partial charge >= 0.3 is 0 Å². The van der Waals surface area contributed by atoms with Crippen molar-refractivity contribution in [3.63, 3.8) is 0 Å². The lowest BCUT2D eigenvalue weighted by Crippen LogP contribution is -2.99. The molecule has 0 fully saturated rings. The van der Waals surface area contributed by atoms with Gasteiger partial charge in [-0.2, -0.15) is 5.23 Å². The fraction of sp³-hybridized carbons (Fsp3) is 0.182. The third-order valence-corrected chi connectivity index (χ3v) is 1.89. The van der Waals surface area contributed by atoms with Crippen molar-refractivity contribution < 1.29 is 15.2 Å². The number of carbonyl (C=O) groups is 1. The highest BCUT2D eigenvalue weighted by atomic mass is 16.8. The monoisotopic (exact) mass is 222 g/mol. The summed E-state index contributed by atoms with van der Waals surface area (Å²) in [6.45, 7) is 3.24. The minimum Gasteiger partial charge on any atom is -0.595 e. The van der Waals surface area contributed by atoms with E-state index >= 15 is 0 Å². The molecule has 0 heterocycles. The Bertz CT molecular complexity index is 396. The van der Waals surface area contributed by atoms with Gasteiger partial charge in [-0.1, -0.05) is 0 Å². The predicted molar refractivity (Wildman–Crippen MR) is 60.3 cm³/mol. The smallest absolute Gasteiger partial charge is 0.163 e. The van der Waals surface area contributed by atoms with Crippen LogP contribution < -0.4 is 10.5 Å². The highest BCUT2D eigenvalue weighted by Gasteiger charge is 1.99. The SMILES string of the molecule is CC(=O)C=C(C)Nc1ccc([NH+]([O-])O)cc1. The molecule has 0 aliphatic heterocycles. The lowest BCUT2D eigenvalue weighted by molar-refractivity contribution is -0.991. The molecule has 1 rings (SSSR count). The maximum Gasteiger partial charge on any atom is 0.163 e. The van der Waals surface area contributed by atoms with Gasteiger partial charge in [0.25, 0.3) is 0 Å². The number of carbonyl (C=O) groups excluding carboxylic acids is 1. The normalized spacial score (nSPS) is 13.4. The first-order valence-electron chi connectivity index (χ1n) is 4.78. The lowest BCUT2D eigenvalue weighted by atomic mass is 10.2. The predicted octanol–water partition coefficient (Wildman–Crippen LogP) is 0.995. The summed E-state index contributed by atoms with van der Waals surface area (Å²) in [5.41, 5.74) is 1.70. The summed E-state index contributed by atoms with van der Waals surface area (Å²) in [6, 6.07) is 6.32. The summed E-state index contributed by atoms with van der Waals surface area (Å²) in [5.74, 6) is -0.0350. The molecule has 1 unspecified atom stereocenters. The second kappa shape index (κ2) is 5.41. The minimum absolute atomic E-state index is 0.0350. The number of hydrogen-bond acceptors (Lipinski definition) is 4. The molecule has 1 aromatic rings. The molecule has 86 valence electrons. The van der Waals surface area contributed by atoms with Crippen molar-refractivity contribution in [1.82, 2.24) is 0 Å². The van der Waals surface area contributed by atoms with Gasteiger partial charge in [-0.05, 0) is 32.1 Å².